The van der Waals surface area contributed by atoms with Crippen LogP contribution in [0, 0.1) is 11.3 Å². The topological polar surface area (TPSA) is 145 Å². The molecular weight excluding hydrogens is 336 g/mol. The van der Waals surface area contributed by atoms with Crippen LogP contribution in [-0.2, 0) is 11.8 Å². The molecule has 1 amide bonds. The van der Waals surface area contributed by atoms with Gasteiger partial charge in [0.1, 0.15) is 17.3 Å². The lowest BCUT2D eigenvalue weighted by Gasteiger charge is -2.19. The minimum Gasteiger partial charge on any atom is -0.395 e. The van der Waals surface area contributed by atoms with E-state index in [0.717, 1.165) is 5.69 Å². The van der Waals surface area contributed by atoms with E-state index in [4.69, 9.17) is 16.1 Å². The molecular formula is C16H20N8O2. The molecule has 0 aliphatic rings. The van der Waals surface area contributed by atoms with Gasteiger partial charge in [-0.1, -0.05) is 0 Å². The first-order chi connectivity index (χ1) is 12.4. The molecule has 0 unspecified atom stereocenters. The fourth-order valence-corrected chi connectivity index (χ4v) is 2.28. The number of rotatable bonds is 6. The van der Waals surface area contributed by atoms with Crippen molar-refractivity contribution < 1.29 is 9.90 Å². The number of anilines is 3. The van der Waals surface area contributed by atoms with Crippen LogP contribution in [0.5, 0.6) is 0 Å². The number of amides is 1. The first kappa shape index (κ1) is 18.9. The predicted molar refractivity (Wildman–Crippen MR) is 97.6 cm³/mol. The molecule has 10 heteroatoms. The molecule has 0 spiro atoms. The Kier molecular flexibility index (Phi) is 5.87. The summed E-state index contributed by atoms with van der Waals surface area (Å²) in [5, 5.41) is 33.1. The van der Waals surface area contributed by atoms with Gasteiger partial charge in [-0.15, -0.1) is 10.2 Å². The number of hydrogen-bond acceptors (Lipinski definition) is 8. The van der Waals surface area contributed by atoms with E-state index in [1.165, 1.54) is 11.6 Å². The van der Waals surface area contributed by atoms with Crippen LogP contribution in [-0.4, -0.2) is 41.0 Å². The van der Waals surface area contributed by atoms with Crippen molar-refractivity contribution in [1.82, 2.24) is 9.78 Å². The number of nitrogens with two attached hydrogens (primary N) is 1. The van der Waals surface area contributed by atoms with Gasteiger partial charge in [0.2, 0.25) is 5.91 Å². The molecule has 2 aromatic rings. The number of carbonyl (C=O) groups is 1. The predicted octanol–water partition coefficient (Wildman–Crippen LogP) is 1.68. The number of benzene rings is 1. The molecule has 1 aromatic carbocycles. The van der Waals surface area contributed by atoms with Gasteiger partial charge in [-0.25, -0.2) is 4.68 Å². The number of aryl methyl sites for hydroxylation is 1. The quantitative estimate of drug-likeness (QED) is 0.671. The molecule has 10 nitrogen and oxygen atoms in total. The number of nitrogen functional groups attached to an aromatic ring is 1. The molecule has 1 aromatic heterocycles. The van der Waals surface area contributed by atoms with Crippen molar-refractivity contribution in [2.45, 2.75) is 6.92 Å². The average Bonchev–Trinajstić information content (AvgIpc) is 2.86. The van der Waals surface area contributed by atoms with Crippen molar-refractivity contribution in [1.29, 1.82) is 5.26 Å². The third-order valence-electron chi connectivity index (χ3n) is 3.58. The highest BCUT2D eigenvalue weighted by molar-refractivity contribution is 5.93. The number of carbonyl (C=O) groups excluding carboxylic acids is 1. The Hall–Kier alpha value is -3.45. The summed E-state index contributed by atoms with van der Waals surface area (Å²) in [7, 11) is 3.43. The molecule has 1 heterocycles. The van der Waals surface area contributed by atoms with Gasteiger partial charge in [0.15, 0.2) is 11.6 Å². The molecule has 0 saturated carbocycles. The summed E-state index contributed by atoms with van der Waals surface area (Å²) in [5.74, 6) is 0.0400. The van der Waals surface area contributed by atoms with Crippen LogP contribution in [0.1, 0.15) is 12.5 Å². The highest BCUT2D eigenvalue weighted by Gasteiger charge is 2.14. The second kappa shape index (κ2) is 8.09. The van der Waals surface area contributed by atoms with E-state index in [9.17, 15) is 4.79 Å². The van der Waals surface area contributed by atoms with Gasteiger partial charge in [-0.3, -0.25) is 4.79 Å². The Bertz CT molecular complexity index is 881. The third-order valence-corrected chi connectivity index (χ3v) is 3.58. The lowest BCUT2D eigenvalue weighted by Crippen LogP contribution is -2.21. The summed E-state index contributed by atoms with van der Waals surface area (Å²) in [6.45, 7) is 1.84. The van der Waals surface area contributed by atoms with Gasteiger partial charge in [0, 0.05) is 33.3 Å². The van der Waals surface area contributed by atoms with Crippen molar-refractivity contribution >= 4 is 34.6 Å². The number of hydrogen-bond donors (Lipinski definition) is 3. The summed E-state index contributed by atoms with van der Waals surface area (Å²) >= 11 is 0. The molecule has 0 bridgehead atoms. The van der Waals surface area contributed by atoms with E-state index in [1.54, 1.807) is 25.2 Å². The molecule has 0 saturated heterocycles. The summed E-state index contributed by atoms with van der Waals surface area (Å²) in [4.78, 5) is 13.3. The molecule has 26 heavy (non-hydrogen) atoms. The maximum Gasteiger partial charge on any atom is 0.221 e. The SMILES string of the molecule is CC(=O)Nc1cc(N(C)CCO)ccc1N=Nc1c(C#N)c(N)nn1C. The third kappa shape index (κ3) is 4.14. The Labute approximate surface area is 150 Å². The van der Waals surface area contributed by atoms with Crippen molar-refractivity contribution in [2.24, 2.45) is 17.3 Å². The van der Waals surface area contributed by atoms with Gasteiger partial charge in [-0.2, -0.15) is 10.4 Å². The summed E-state index contributed by atoms with van der Waals surface area (Å²) in [6.07, 6.45) is 0. The molecule has 0 fully saturated rings. The van der Waals surface area contributed by atoms with Crippen LogP contribution < -0.4 is 16.0 Å². The zero-order chi connectivity index (χ0) is 19.3. The number of nitriles is 1. The fourth-order valence-electron chi connectivity index (χ4n) is 2.28. The Morgan fingerprint density at radius 2 is 2.23 bits per heavy atom. The number of aromatic nitrogens is 2. The zero-order valence-corrected chi connectivity index (χ0v) is 14.8. The fraction of sp³-hybridized carbons (Fsp3) is 0.312. The van der Waals surface area contributed by atoms with E-state index in [1.807, 2.05) is 18.0 Å². The van der Waals surface area contributed by atoms with E-state index in [2.05, 4.69) is 20.6 Å². The van der Waals surface area contributed by atoms with Gasteiger partial charge < -0.3 is 21.1 Å². The number of nitrogens with one attached hydrogen (secondary N) is 1. The van der Waals surface area contributed by atoms with Crippen LogP contribution in [0.25, 0.3) is 0 Å². The highest BCUT2D eigenvalue weighted by Crippen LogP contribution is 2.32. The van der Waals surface area contributed by atoms with Gasteiger partial charge >= 0.3 is 0 Å². The minimum absolute atomic E-state index is 0.00623. The highest BCUT2D eigenvalue weighted by atomic mass is 16.3. The Morgan fingerprint density at radius 3 is 2.85 bits per heavy atom. The molecule has 136 valence electrons. The van der Waals surface area contributed by atoms with Crippen LogP contribution in [0.15, 0.2) is 28.4 Å². The van der Waals surface area contributed by atoms with E-state index in [0.29, 0.717) is 17.9 Å². The van der Waals surface area contributed by atoms with Crippen LogP contribution in [0.4, 0.5) is 28.7 Å². The van der Waals surface area contributed by atoms with Gasteiger partial charge in [0.05, 0.1) is 12.3 Å². The van der Waals surface area contributed by atoms with Crippen LogP contribution in [0.2, 0.25) is 0 Å². The van der Waals surface area contributed by atoms with Gasteiger partial charge in [-0.05, 0) is 18.2 Å². The number of azo groups is 1. The van der Waals surface area contributed by atoms with E-state index >= 15 is 0 Å². The van der Waals surface area contributed by atoms with Crippen molar-refractivity contribution in [3.8, 4) is 6.07 Å². The average molecular weight is 356 g/mol. The number of nitrogens with zero attached hydrogens (tertiary/aromatic N) is 6. The monoisotopic (exact) mass is 356 g/mol. The standard InChI is InChI=1S/C16H20N8O2/c1-10(26)19-14-8-11(23(2)6-7-25)4-5-13(14)20-21-16-12(9-17)15(18)22-24(16)3/h4-5,8,25H,6-7H2,1-3H3,(H2,18,22)(H,19,26). The maximum atomic E-state index is 11.5. The van der Waals surface area contributed by atoms with Crippen LogP contribution >= 0.6 is 0 Å². The molecule has 4 N–H and O–H groups in total. The molecule has 0 radical (unpaired) electrons. The smallest absolute Gasteiger partial charge is 0.221 e. The first-order valence-electron chi connectivity index (χ1n) is 7.75. The largest absolute Gasteiger partial charge is 0.395 e. The number of likely N-dealkylation sites (N-methyl/N-ethyl adjacent to an activating group) is 1. The lowest BCUT2D eigenvalue weighted by molar-refractivity contribution is -0.114. The molecule has 0 aliphatic carbocycles. The minimum atomic E-state index is -0.258. The van der Waals surface area contributed by atoms with Crippen molar-refractivity contribution in [3.63, 3.8) is 0 Å². The zero-order valence-electron chi connectivity index (χ0n) is 14.8. The number of aliphatic hydroxyl groups excluding tert-OH is 1. The van der Waals surface area contributed by atoms with E-state index < -0.39 is 0 Å². The Morgan fingerprint density at radius 1 is 1.50 bits per heavy atom. The van der Waals surface area contributed by atoms with Crippen molar-refractivity contribution in [2.75, 3.05) is 36.1 Å². The first-order valence-corrected chi connectivity index (χ1v) is 7.75. The molecule has 2 rings (SSSR count). The summed E-state index contributed by atoms with van der Waals surface area (Å²) < 4.78 is 1.36. The van der Waals surface area contributed by atoms with Crippen molar-refractivity contribution in [3.05, 3.63) is 23.8 Å². The number of aliphatic hydroxyl groups is 1. The Balaban J connectivity index is 2.42. The second-order valence-electron chi connectivity index (χ2n) is 5.55. The molecule has 0 atom stereocenters. The lowest BCUT2D eigenvalue weighted by atomic mass is 10.2. The van der Waals surface area contributed by atoms with Gasteiger partial charge in [0.25, 0.3) is 0 Å². The molecule has 0 aliphatic heterocycles. The second-order valence-corrected chi connectivity index (χ2v) is 5.55. The summed E-state index contributed by atoms with van der Waals surface area (Å²) in [6, 6.07) is 7.15. The van der Waals surface area contributed by atoms with E-state index in [-0.39, 0.29) is 29.7 Å². The summed E-state index contributed by atoms with van der Waals surface area (Å²) in [5.41, 5.74) is 7.45. The van der Waals surface area contributed by atoms with Crippen LogP contribution in [0.3, 0.4) is 0 Å². The normalized spacial score (nSPS) is 10.7. The maximum absolute atomic E-state index is 11.5.